The number of hydrogen-bond donors (Lipinski definition) is 1. The van der Waals surface area contributed by atoms with Gasteiger partial charge in [-0.25, -0.2) is 0 Å². The number of carbonyl (C=O) groups excluding carboxylic acids is 1. The van der Waals surface area contributed by atoms with E-state index in [4.69, 9.17) is 0 Å². The highest BCUT2D eigenvalue weighted by molar-refractivity contribution is 6.05. The second-order valence-electron chi connectivity index (χ2n) is 8.41. The fraction of sp³-hybridized carbons (Fsp3) is 0.360. The molecule has 1 N–H and O–H groups in total. The van der Waals surface area contributed by atoms with Crippen LogP contribution < -0.4 is 10.9 Å². The average Bonchev–Trinajstić information content (AvgIpc) is 3.30. The van der Waals surface area contributed by atoms with Gasteiger partial charge in [-0.2, -0.15) is 0 Å². The summed E-state index contributed by atoms with van der Waals surface area (Å²) in [6.07, 6.45) is 8.58. The Kier molecular flexibility index (Phi) is 6.75. The first kappa shape index (κ1) is 21.9. The van der Waals surface area contributed by atoms with Crippen molar-refractivity contribution >= 4 is 11.6 Å². The molecule has 0 atom stereocenters. The Morgan fingerprint density at radius 1 is 1.03 bits per heavy atom. The fourth-order valence-corrected chi connectivity index (χ4v) is 3.98. The Morgan fingerprint density at radius 2 is 1.78 bits per heavy atom. The van der Waals surface area contributed by atoms with Crippen LogP contribution in [0.5, 0.6) is 0 Å². The SMILES string of the molecule is Cc1cnc(Cn2ccc(C)c(C(=O)Nc3ccc(CCN4CCCC4)cc3)c2=O)cn1. The summed E-state index contributed by atoms with van der Waals surface area (Å²) in [5.74, 6) is -0.401. The molecular formula is C25H29N5O2. The highest BCUT2D eigenvalue weighted by Gasteiger charge is 2.17. The monoisotopic (exact) mass is 431 g/mol. The topological polar surface area (TPSA) is 80.1 Å². The third-order valence-corrected chi connectivity index (χ3v) is 5.89. The molecule has 1 aromatic carbocycles. The molecule has 1 saturated heterocycles. The second kappa shape index (κ2) is 9.87. The molecule has 0 saturated carbocycles. The third-order valence-electron chi connectivity index (χ3n) is 5.89. The summed E-state index contributed by atoms with van der Waals surface area (Å²) in [5, 5.41) is 2.87. The summed E-state index contributed by atoms with van der Waals surface area (Å²) in [6.45, 7) is 7.35. The number of nitrogens with zero attached hydrogens (tertiary/aromatic N) is 4. The number of amides is 1. The Bertz CT molecular complexity index is 1130. The van der Waals surface area contributed by atoms with Crippen molar-refractivity contribution in [1.82, 2.24) is 19.4 Å². The van der Waals surface area contributed by atoms with Crippen molar-refractivity contribution in [2.75, 3.05) is 25.0 Å². The summed E-state index contributed by atoms with van der Waals surface area (Å²) < 4.78 is 1.49. The predicted molar refractivity (Wildman–Crippen MR) is 125 cm³/mol. The molecule has 1 aliphatic heterocycles. The number of likely N-dealkylation sites (tertiary alicyclic amines) is 1. The summed E-state index contributed by atoms with van der Waals surface area (Å²) in [7, 11) is 0. The molecule has 3 aromatic rings. The van der Waals surface area contributed by atoms with Crippen LogP contribution in [0, 0.1) is 13.8 Å². The maximum atomic E-state index is 13.0. The van der Waals surface area contributed by atoms with E-state index in [0.29, 0.717) is 16.9 Å². The quantitative estimate of drug-likeness (QED) is 0.621. The third kappa shape index (κ3) is 5.29. The number of aromatic nitrogens is 3. The largest absolute Gasteiger partial charge is 0.322 e. The summed E-state index contributed by atoms with van der Waals surface area (Å²) in [6, 6.07) is 9.65. The molecule has 4 rings (SSSR count). The van der Waals surface area contributed by atoms with Gasteiger partial charge in [-0.1, -0.05) is 12.1 Å². The van der Waals surface area contributed by atoms with Crippen LogP contribution in [0.2, 0.25) is 0 Å². The number of hydrogen-bond acceptors (Lipinski definition) is 5. The van der Waals surface area contributed by atoms with Gasteiger partial charge in [-0.05, 0) is 75.5 Å². The van der Waals surface area contributed by atoms with E-state index in [9.17, 15) is 9.59 Å². The van der Waals surface area contributed by atoms with Crippen LogP contribution in [-0.2, 0) is 13.0 Å². The van der Waals surface area contributed by atoms with E-state index in [1.165, 1.54) is 36.1 Å². The summed E-state index contributed by atoms with van der Waals surface area (Å²) in [4.78, 5) is 36.9. The molecule has 7 heteroatoms. The van der Waals surface area contributed by atoms with Crippen molar-refractivity contribution < 1.29 is 4.79 Å². The maximum Gasteiger partial charge on any atom is 0.264 e. The molecule has 0 radical (unpaired) electrons. The molecule has 0 aliphatic carbocycles. The van der Waals surface area contributed by atoms with E-state index >= 15 is 0 Å². The Morgan fingerprint density at radius 3 is 2.47 bits per heavy atom. The molecule has 0 spiro atoms. The fourth-order valence-electron chi connectivity index (χ4n) is 3.98. The van der Waals surface area contributed by atoms with Gasteiger partial charge < -0.3 is 14.8 Å². The average molecular weight is 432 g/mol. The van der Waals surface area contributed by atoms with Gasteiger partial charge in [0.25, 0.3) is 11.5 Å². The molecule has 7 nitrogen and oxygen atoms in total. The molecule has 166 valence electrons. The molecular weight excluding hydrogens is 402 g/mol. The Labute approximate surface area is 188 Å². The first-order valence-electron chi connectivity index (χ1n) is 11.1. The van der Waals surface area contributed by atoms with Gasteiger partial charge in [0.05, 0.1) is 24.1 Å². The van der Waals surface area contributed by atoms with Crippen LogP contribution in [-0.4, -0.2) is 45.0 Å². The van der Waals surface area contributed by atoms with Gasteiger partial charge >= 0.3 is 0 Å². The number of pyridine rings is 1. The molecule has 1 fully saturated rings. The van der Waals surface area contributed by atoms with Crippen LogP contribution in [0.1, 0.15) is 45.7 Å². The molecule has 32 heavy (non-hydrogen) atoms. The van der Waals surface area contributed by atoms with Crippen LogP contribution in [0.25, 0.3) is 0 Å². The standard InChI is InChI=1S/C25H29N5O2/c1-18-9-14-30(17-22-16-26-19(2)15-27-22)25(32)23(18)24(31)28-21-7-5-20(6-8-21)10-13-29-11-3-4-12-29/h5-9,14-16H,3-4,10-13,17H2,1-2H3,(H,28,31). The number of carbonyl (C=O) groups is 1. The number of rotatable bonds is 7. The van der Waals surface area contributed by atoms with Gasteiger partial charge in [-0.3, -0.25) is 19.6 Å². The minimum atomic E-state index is -0.401. The van der Waals surface area contributed by atoms with E-state index in [1.54, 1.807) is 31.6 Å². The van der Waals surface area contributed by atoms with E-state index in [-0.39, 0.29) is 17.7 Å². The summed E-state index contributed by atoms with van der Waals surface area (Å²) >= 11 is 0. The zero-order chi connectivity index (χ0) is 22.5. The Balaban J connectivity index is 1.44. The van der Waals surface area contributed by atoms with Crippen molar-refractivity contribution in [2.24, 2.45) is 0 Å². The van der Waals surface area contributed by atoms with Crippen molar-refractivity contribution in [3.63, 3.8) is 0 Å². The van der Waals surface area contributed by atoms with Gasteiger partial charge in [0.1, 0.15) is 5.56 Å². The lowest BCUT2D eigenvalue weighted by molar-refractivity contribution is 0.102. The minimum Gasteiger partial charge on any atom is -0.322 e. The van der Waals surface area contributed by atoms with Crippen molar-refractivity contribution in [1.29, 1.82) is 0 Å². The van der Waals surface area contributed by atoms with Crippen LogP contribution >= 0.6 is 0 Å². The molecule has 0 bridgehead atoms. The lowest BCUT2D eigenvalue weighted by atomic mass is 10.1. The molecule has 0 unspecified atom stereocenters. The van der Waals surface area contributed by atoms with E-state index in [0.717, 1.165) is 18.7 Å². The van der Waals surface area contributed by atoms with Crippen LogP contribution in [0.15, 0.2) is 53.7 Å². The smallest absolute Gasteiger partial charge is 0.264 e. The molecule has 3 heterocycles. The second-order valence-corrected chi connectivity index (χ2v) is 8.41. The lowest BCUT2D eigenvalue weighted by Crippen LogP contribution is -2.30. The first-order chi connectivity index (χ1) is 15.5. The van der Waals surface area contributed by atoms with Gasteiger partial charge in [0.15, 0.2) is 0 Å². The van der Waals surface area contributed by atoms with E-state index in [2.05, 4.69) is 20.2 Å². The zero-order valence-corrected chi connectivity index (χ0v) is 18.7. The van der Waals surface area contributed by atoms with Crippen molar-refractivity contribution in [3.05, 3.63) is 87.4 Å². The number of aryl methyl sites for hydroxylation is 2. The minimum absolute atomic E-state index is 0.144. The Hall–Kier alpha value is -3.32. The number of anilines is 1. The highest BCUT2D eigenvalue weighted by atomic mass is 16.2. The van der Waals surface area contributed by atoms with Gasteiger partial charge in [0.2, 0.25) is 0 Å². The van der Waals surface area contributed by atoms with Crippen molar-refractivity contribution in [3.8, 4) is 0 Å². The van der Waals surface area contributed by atoms with Crippen molar-refractivity contribution in [2.45, 2.75) is 39.7 Å². The molecule has 1 aliphatic rings. The maximum absolute atomic E-state index is 13.0. The normalized spacial score (nSPS) is 13.9. The lowest BCUT2D eigenvalue weighted by Gasteiger charge is -2.14. The van der Waals surface area contributed by atoms with E-state index < -0.39 is 5.91 Å². The van der Waals surface area contributed by atoms with Gasteiger partial charge in [-0.15, -0.1) is 0 Å². The predicted octanol–water partition coefficient (Wildman–Crippen LogP) is 3.19. The van der Waals surface area contributed by atoms with Crippen LogP contribution in [0.4, 0.5) is 5.69 Å². The first-order valence-corrected chi connectivity index (χ1v) is 11.1. The molecule has 2 aromatic heterocycles. The number of nitrogens with one attached hydrogen (secondary N) is 1. The molecule has 1 amide bonds. The summed E-state index contributed by atoms with van der Waals surface area (Å²) in [5.41, 5.74) is 3.84. The van der Waals surface area contributed by atoms with Gasteiger partial charge in [0, 0.05) is 24.6 Å². The zero-order valence-electron chi connectivity index (χ0n) is 18.7. The van der Waals surface area contributed by atoms with Crippen LogP contribution in [0.3, 0.4) is 0 Å². The highest BCUT2D eigenvalue weighted by Crippen LogP contribution is 2.14. The van der Waals surface area contributed by atoms with E-state index in [1.807, 2.05) is 31.2 Å². The number of benzene rings is 1.